The van der Waals surface area contributed by atoms with Gasteiger partial charge in [-0.15, -0.1) is 0 Å². The van der Waals surface area contributed by atoms with Gasteiger partial charge >= 0.3 is 17.9 Å². The summed E-state index contributed by atoms with van der Waals surface area (Å²) in [6.45, 7) is 7.11. The minimum Gasteiger partial charge on any atom is -0.493 e. The van der Waals surface area contributed by atoms with Crippen LogP contribution in [0.25, 0.3) is 17.2 Å². The maximum atomic E-state index is 12.7. The molecule has 0 saturated carbocycles. The smallest absolute Gasteiger partial charge is 0.335 e. The second-order valence-corrected chi connectivity index (χ2v) is 9.81. The average molecular weight is 629 g/mol. The number of rotatable bonds is 18. The first kappa shape index (κ1) is 35.0. The third-order valence-electron chi connectivity index (χ3n) is 6.39. The number of hydrogen-bond donors (Lipinski definition) is 1. The Morgan fingerprint density at radius 2 is 1.24 bits per heavy atom. The van der Waals surface area contributed by atoms with E-state index in [9.17, 15) is 19.2 Å². The van der Waals surface area contributed by atoms with Crippen LogP contribution < -0.4 is 9.47 Å². The molecule has 0 aliphatic heterocycles. The van der Waals surface area contributed by atoms with Gasteiger partial charge in [0.05, 0.1) is 38.9 Å². The molecule has 0 aliphatic carbocycles. The molecule has 3 aromatic carbocycles. The number of hydrogen-bond acceptors (Lipinski definition) is 10. The second kappa shape index (κ2) is 18.4. The van der Waals surface area contributed by atoms with Crippen molar-refractivity contribution in [3.63, 3.8) is 0 Å². The van der Waals surface area contributed by atoms with Crippen molar-refractivity contribution < 1.29 is 48.0 Å². The Kier molecular flexibility index (Phi) is 14.0. The van der Waals surface area contributed by atoms with Gasteiger partial charge < -0.3 is 28.8 Å². The summed E-state index contributed by atoms with van der Waals surface area (Å²) in [5.74, 6) is -0.758. The zero-order valence-corrected chi connectivity index (χ0v) is 25.6. The van der Waals surface area contributed by atoms with Crippen molar-refractivity contribution in [2.24, 2.45) is 0 Å². The Bertz CT molecular complexity index is 1540. The molecule has 240 valence electrons. The van der Waals surface area contributed by atoms with Crippen LogP contribution >= 0.6 is 0 Å². The van der Waals surface area contributed by atoms with Crippen molar-refractivity contribution in [3.05, 3.63) is 114 Å². The lowest BCUT2D eigenvalue weighted by atomic mass is 10.0. The number of esters is 3. The summed E-state index contributed by atoms with van der Waals surface area (Å²) in [5.41, 5.74) is 3.27. The Morgan fingerprint density at radius 1 is 0.696 bits per heavy atom. The van der Waals surface area contributed by atoms with Crippen molar-refractivity contribution in [3.8, 4) is 22.6 Å². The van der Waals surface area contributed by atoms with Gasteiger partial charge in [0, 0.05) is 17.6 Å². The van der Waals surface area contributed by atoms with E-state index in [0.29, 0.717) is 30.1 Å². The first-order valence-corrected chi connectivity index (χ1v) is 14.4. The van der Waals surface area contributed by atoms with E-state index >= 15 is 0 Å². The first-order chi connectivity index (χ1) is 22.2. The molecule has 0 unspecified atom stereocenters. The highest BCUT2D eigenvalue weighted by Gasteiger charge is 2.13. The third kappa shape index (κ3) is 11.5. The van der Waals surface area contributed by atoms with E-state index in [2.05, 4.69) is 17.9 Å². The highest BCUT2D eigenvalue weighted by molar-refractivity contribution is 6.07. The standard InChI is InChI=1S/C36H36O10/c1-25(23-34(39)42-3)35(40)45-20-4-19-43-31-14-5-27(6-15-31)7-18-33(38)30-10-8-28(9-11-30)29-12-16-32(17-13-29)44-21-22-46-36(41)26(2)24-37/h5-18,37H,1-2,4,19-24H2,3H3/b18-7+. The quantitative estimate of drug-likeness (QED) is 0.0663. The number of aliphatic hydroxyl groups is 1. The molecular weight excluding hydrogens is 592 g/mol. The number of methoxy groups -OCH3 is 1. The number of ketones is 1. The predicted octanol–water partition coefficient (Wildman–Crippen LogP) is 5.15. The van der Waals surface area contributed by atoms with Crippen LogP contribution in [0.5, 0.6) is 11.5 Å². The summed E-state index contributed by atoms with van der Waals surface area (Å²) in [7, 11) is 1.23. The molecule has 46 heavy (non-hydrogen) atoms. The van der Waals surface area contributed by atoms with E-state index in [1.807, 2.05) is 36.4 Å². The van der Waals surface area contributed by atoms with Gasteiger partial charge in [0.2, 0.25) is 0 Å². The number of aliphatic hydroxyl groups excluding tert-OH is 1. The van der Waals surface area contributed by atoms with Crippen LogP contribution in [0.2, 0.25) is 0 Å². The van der Waals surface area contributed by atoms with Crippen LogP contribution in [0.4, 0.5) is 0 Å². The lowest BCUT2D eigenvalue weighted by Gasteiger charge is -2.09. The molecule has 0 atom stereocenters. The van der Waals surface area contributed by atoms with Gasteiger partial charge in [0.25, 0.3) is 0 Å². The van der Waals surface area contributed by atoms with Gasteiger partial charge in [0.15, 0.2) is 5.78 Å². The summed E-state index contributed by atoms with van der Waals surface area (Å²) in [6, 6.07) is 21.9. The van der Waals surface area contributed by atoms with Gasteiger partial charge in [-0.2, -0.15) is 0 Å². The molecule has 0 fully saturated rings. The number of allylic oxidation sites excluding steroid dienone is 1. The zero-order valence-electron chi connectivity index (χ0n) is 25.6. The Morgan fingerprint density at radius 3 is 1.85 bits per heavy atom. The van der Waals surface area contributed by atoms with Crippen LogP contribution in [0.15, 0.2) is 103 Å². The molecule has 0 spiro atoms. The largest absolute Gasteiger partial charge is 0.493 e. The van der Waals surface area contributed by atoms with E-state index in [-0.39, 0.29) is 43.2 Å². The lowest BCUT2D eigenvalue weighted by molar-refractivity contribution is -0.144. The van der Waals surface area contributed by atoms with Crippen LogP contribution in [-0.4, -0.2) is 68.9 Å². The SMILES string of the molecule is C=C(CO)C(=O)OCCOc1ccc(-c2ccc(C(=O)/C=C/c3ccc(OCCCOC(=O)C(=C)CC(=O)OC)cc3)cc2)cc1. The molecule has 3 rings (SSSR count). The van der Waals surface area contributed by atoms with Crippen LogP contribution in [-0.2, 0) is 28.6 Å². The summed E-state index contributed by atoms with van der Waals surface area (Å²) in [4.78, 5) is 47.2. The maximum Gasteiger partial charge on any atom is 0.335 e. The molecule has 0 radical (unpaired) electrons. The highest BCUT2D eigenvalue weighted by atomic mass is 16.6. The molecule has 0 bridgehead atoms. The normalized spacial score (nSPS) is 10.6. The fourth-order valence-corrected chi connectivity index (χ4v) is 3.81. The van der Waals surface area contributed by atoms with Crippen LogP contribution in [0, 0.1) is 0 Å². The molecule has 3 aromatic rings. The van der Waals surface area contributed by atoms with Gasteiger partial charge in [-0.1, -0.05) is 67.8 Å². The molecule has 0 saturated heterocycles. The van der Waals surface area contributed by atoms with Gasteiger partial charge in [-0.3, -0.25) is 9.59 Å². The van der Waals surface area contributed by atoms with Gasteiger partial charge in [-0.05, 0) is 47.0 Å². The molecule has 0 heterocycles. The average Bonchev–Trinajstić information content (AvgIpc) is 3.09. The monoisotopic (exact) mass is 628 g/mol. The van der Waals surface area contributed by atoms with E-state index in [0.717, 1.165) is 16.7 Å². The molecule has 1 N–H and O–H groups in total. The van der Waals surface area contributed by atoms with E-state index < -0.39 is 24.5 Å². The minimum absolute atomic E-state index is 0.0122. The molecule has 0 aromatic heterocycles. The Hall–Kier alpha value is -5.48. The van der Waals surface area contributed by atoms with E-state index in [4.69, 9.17) is 24.1 Å². The van der Waals surface area contributed by atoms with Crippen molar-refractivity contribution in [1.82, 2.24) is 0 Å². The molecule has 0 amide bonds. The molecular formula is C36H36O10. The fourth-order valence-electron chi connectivity index (χ4n) is 3.81. The minimum atomic E-state index is -0.658. The van der Waals surface area contributed by atoms with Crippen molar-refractivity contribution >= 4 is 29.8 Å². The molecule has 10 heteroatoms. The van der Waals surface area contributed by atoms with Crippen molar-refractivity contribution in [2.75, 3.05) is 40.1 Å². The van der Waals surface area contributed by atoms with Crippen LogP contribution in [0.1, 0.15) is 28.8 Å². The summed E-state index contributed by atoms with van der Waals surface area (Å²) in [5, 5.41) is 8.87. The van der Waals surface area contributed by atoms with Crippen molar-refractivity contribution in [1.29, 1.82) is 0 Å². The Labute approximate surface area is 267 Å². The third-order valence-corrected chi connectivity index (χ3v) is 6.39. The van der Waals surface area contributed by atoms with Gasteiger partial charge in [-0.25, -0.2) is 9.59 Å². The number of ether oxygens (including phenoxy) is 5. The highest BCUT2D eigenvalue weighted by Crippen LogP contribution is 2.23. The summed E-state index contributed by atoms with van der Waals surface area (Å²) < 4.78 is 25.7. The number of carbonyl (C=O) groups is 4. The van der Waals surface area contributed by atoms with Gasteiger partial charge in [0.1, 0.15) is 24.7 Å². The predicted molar refractivity (Wildman–Crippen MR) is 171 cm³/mol. The summed E-state index contributed by atoms with van der Waals surface area (Å²) in [6.07, 6.45) is 3.48. The Balaban J connectivity index is 1.40. The van der Waals surface area contributed by atoms with E-state index in [1.165, 1.54) is 13.2 Å². The van der Waals surface area contributed by atoms with Crippen LogP contribution in [0.3, 0.4) is 0 Å². The fraction of sp³-hybridized carbons (Fsp3) is 0.222. The topological polar surface area (TPSA) is 135 Å². The summed E-state index contributed by atoms with van der Waals surface area (Å²) >= 11 is 0. The molecule has 10 nitrogen and oxygen atoms in total. The lowest BCUT2D eigenvalue weighted by Crippen LogP contribution is -2.14. The second-order valence-electron chi connectivity index (χ2n) is 9.81. The number of benzene rings is 3. The van der Waals surface area contributed by atoms with E-state index in [1.54, 1.807) is 42.5 Å². The number of carbonyl (C=O) groups excluding carboxylic acids is 4. The molecule has 0 aliphatic rings. The first-order valence-electron chi connectivity index (χ1n) is 14.4. The zero-order chi connectivity index (χ0) is 33.3. The van der Waals surface area contributed by atoms with Crippen molar-refractivity contribution in [2.45, 2.75) is 12.8 Å². The maximum absolute atomic E-state index is 12.7.